The number of rotatable bonds is 4. The standard InChI is InChI=1S/C18H17ClN4O4/c1-24-14-3-2-9(7-20-14)15-10(19)6-11-17(22-15)23-18(21-11)27-13-8-26-12-4-5-25-16(12)13/h2-3,6-7,12-13,16H,4-5,8H2,1H3,(H,21,22,23). The van der Waals surface area contributed by atoms with Gasteiger partial charge in [-0.15, -0.1) is 0 Å². The van der Waals surface area contributed by atoms with Crippen LogP contribution in [-0.2, 0) is 9.47 Å². The molecule has 2 aliphatic heterocycles. The second-order valence-corrected chi connectivity index (χ2v) is 6.88. The zero-order valence-corrected chi connectivity index (χ0v) is 15.3. The molecule has 3 aromatic rings. The van der Waals surface area contributed by atoms with Crippen molar-refractivity contribution in [3.8, 4) is 23.1 Å². The molecule has 2 saturated heterocycles. The van der Waals surface area contributed by atoms with Crippen LogP contribution in [-0.4, -0.2) is 58.6 Å². The highest BCUT2D eigenvalue weighted by Gasteiger charge is 2.43. The smallest absolute Gasteiger partial charge is 0.296 e. The third-order valence-corrected chi connectivity index (χ3v) is 5.10. The van der Waals surface area contributed by atoms with Gasteiger partial charge in [0.25, 0.3) is 6.01 Å². The van der Waals surface area contributed by atoms with Crippen LogP contribution >= 0.6 is 11.6 Å². The van der Waals surface area contributed by atoms with Gasteiger partial charge in [-0.2, -0.15) is 4.98 Å². The minimum absolute atomic E-state index is 0.0457. The van der Waals surface area contributed by atoms with Crippen LogP contribution < -0.4 is 9.47 Å². The molecule has 0 aliphatic carbocycles. The summed E-state index contributed by atoms with van der Waals surface area (Å²) in [6, 6.07) is 5.77. The van der Waals surface area contributed by atoms with Crippen molar-refractivity contribution in [2.45, 2.75) is 24.7 Å². The number of hydrogen-bond donors (Lipinski definition) is 1. The number of fused-ring (bicyclic) bond motifs is 2. The van der Waals surface area contributed by atoms with Crippen LogP contribution in [0.3, 0.4) is 0 Å². The van der Waals surface area contributed by atoms with E-state index in [0.717, 1.165) is 12.0 Å². The molecule has 0 bridgehead atoms. The molecule has 0 aromatic carbocycles. The Labute approximate surface area is 159 Å². The monoisotopic (exact) mass is 388 g/mol. The van der Waals surface area contributed by atoms with E-state index < -0.39 is 0 Å². The zero-order valence-electron chi connectivity index (χ0n) is 14.5. The number of nitrogens with zero attached hydrogens (tertiary/aromatic N) is 3. The minimum Gasteiger partial charge on any atom is -0.481 e. The SMILES string of the molecule is COc1ccc(-c2nc3nc(OC4COC5CCOC54)[nH]c3cc2Cl)cn1. The zero-order chi connectivity index (χ0) is 18.4. The second kappa shape index (κ2) is 6.63. The Morgan fingerprint density at radius 3 is 3.00 bits per heavy atom. The molecule has 3 atom stereocenters. The van der Waals surface area contributed by atoms with E-state index in [0.29, 0.717) is 47.0 Å². The number of H-pyrrole nitrogens is 1. The molecule has 8 nitrogen and oxygen atoms in total. The molecule has 5 heterocycles. The number of halogens is 1. The molecule has 3 aromatic heterocycles. The summed E-state index contributed by atoms with van der Waals surface area (Å²) < 4.78 is 22.5. The first kappa shape index (κ1) is 16.7. The summed E-state index contributed by atoms with van der Waals surface area (Å²) in [5, 5.41) is 0.494. The van der Waals surface area contributed by atoms with Gasteiger partial charge >= 0.3 is 0 Å². The molecular formula is C18H17ClN4O4. The summed E-state index contributed by atoms with van der Waals surface area (Å²) in [4.78, 5) is 16.3. The first-order valence-electron chi connectivity index (χ1n) is 8.68. The van der Waals surface area contributed by atoms with Crippen molar-refractivity contribution in [1.82, 2.24) is 19.9 Å². The van der Waals surface area contributed by atoms with Gasteiger partial charge in [-0.05, 0) is 18.6 Å². The Bertz CT molecular complexity index is 977. The van der Waals surface area contributed by atoms with Crippen molar-refractivity contribution in [2.24, 2.45) is 0 Å². The normalized spacial score (nSPS) is 24.3. The summed E-state index contributed by atoms with van der Waals surface area (Å²) in [7, 11) is 1.57. The van der Waals surface area contributed by atoms with E-state index in [1.807, 2.05) is 6.07 Å². The van der Waals surface area contributed by atoms with Gasteiger partial charge in [0.1, 0.15) is 6.10 Å². The van der Waals surface area contributed by atoms with Gasteiger partial charge in [-0.3, -0.25) is 0 Å². The van der Waals surface area contributed by atoms with Crippen LogP contribution in [0.15, 0.2) is 24.4 Å². The summed E-state index contributed by atoms with van der Waals surface area (Å²) in [6.45, 7) is 1.19. The first-order chi connectivity index (χ1) is 13.2. The number of aromatic nitrogens is 4. The Morgan fingerprint density at radius 1 is 1.26 bits per heavy atom. The fourth-order valence-corrected chi connectivity index (χ4v) is 3.73. The van der Waals surface area contributed by atoms with E-state index in [-0.39, 0.29) is 18.3 Å². The van der Waals surface area contributed by atoms with Crippen molar-refractivity contribution in [1.29, 1.82) is 0 Å². The van der Waals surface area contributed by atoms with Crippen LogP contribution in [0.1, 0.15) is 6.42 Å². The van der Waals surface area contributed by atoms with Crippen LogP contribution in [0, 0.1) is 0 Å². The molecule has 140 valence electrons. The predicted octanol–water partition coefficient (Wildman–Crippen LogP) is 2.62. The third-order valence-electron chi connectivity index (χ3n) is 4.81. The van der Waals surface area contributed by atoms with E-state index >= 15 is 0 Å². The molecular weight excluding hydrogens is 372 g/mol. The summed E-state index contributed by atoms with van der Waals surface area (Å²) >= 11 is 6.41. The lowest BCUT2D eigenvalue weighted by molar-refractivity contribution is 0.0273. The molecule has 9 heteroatoms. The van der Waals surface area contributed by atoms with Gasteiger partial charge in [-0.25, -0.2) is 9.97 Å². The Balaban J connectivity index is 1.43. The van der Waals surface area contributed by atoms with Crippen molar-refractivity contribution >= 4 is 22.8 Å². The highest BCUT2D eigenvalue weighted by Crippen LogP contribution is 2.32. The topological polar surface area (TPSA) is 91.4 Å². The van der Waals surface area contributed by atoms with Crippen molar-refractivity contribution in [3.05, 3.63) is 29.4 Å². The van der Waals surface area contributed by atoms with Crippen molar-refractivity contribution in [3.63, 3.8) is 0 Å². The number of ether oxygens (including phenoxy) is 4. The van der Waals surface area contributed by atoms with Gasteiger partial charge in [0.2, 0.25) is 5.88 Å². The van der Waals surface area contributed by atoms with Gasteiger partial charge in [0.05, 0.1) is 36.1 Å². The van der Waals surface area contributed by atoms with Crippen LogP contribution in [0.2, 0.25) is 5.02 Å². The molecule has 2 aliphatic rings. The molecule has 0 radical (unpaired) electrons. The first-order valence-corrected chi connectivity index (χ1v) is 9.05. The van der Waals surface area contributed by atoms with E-state index in [4.69, 9.17) is 30.5 Å². The molecule has 0 amide bonds. The molecule has 0 saturated carbocycles. The summed E-state index contributed by atoms with van der Waals surface area (Å²) in [6.07, 6.45) is 2.45. The maximum absolute atomic E-state index is 6.41. The van der Waals surface area contributed by atoms with E-state index in [2.05, 4.69) is 19.9 Å². The van der Waals surface area contributed by atoms with Crippen molar-refractivity contribution in [2.75, 3.05) is 20.3 Å². The molecule has 0 spiro atoms. The predicted molar refractivity (Wildman–Crippen MR) is 97.2 cm³/mol. The lowest BCUT2D eigenvalue weighted by Gasteiger charge is -2.15. The second-order valence-electron chi connectivity index (χ2n) is 6.47. The fourth-order valence-electron chi connectivity index (χ4n) is 3.47. The van der Waals surface area contributed by atoms with Crippen LogP contribution in [0.5, 0.6) is 11.9 Å². The quantitative estimate of drug-likeness (QED) is 0.734. The average Bonchev–Trinajstić information content (AvgIpc) is 3.38. The van der Waals surface area contributed by atoms with E-state index in [9.17, 15) is 0 Å². The molecule has 3 unspecified atom stereocenters. The fraction of sp³-hybridized carbons (Fsp3) is 0.389. The molecule has 5 rings (SSSR count). The maximum Gasteiger partial charge on any atom is 0.296 e. The minimum atomic E-state index is -0.182. The Hall–Kier alpha value is -2.42. The average molecular weight is 389 g/mol. The number of aromatic amines is 1. The summed E-state index contributed by atoms with van der Waals surface area (Å²) in [5.74, 6) is 0.526. The Kier molecular flexibility index (Phi) is 4.11. The number of hydrogen-bond acceptors (Lipinski definition) is 7. The largest absolute Gasteiger partial charge is 0.481 e. The van der Waals surface area contributed by atoms with Gasteiger partial charge < -0.3 is 23.9 Å². The molecule has 1 N–H and O–H groups in total. The highest BCUT2D eigenvalue weighted by atomic mass is 35.5. The van der Waals surface area contributed by atoms with Crippen LogP contribution in [0.4, 0.5) is 0 Å². The molecule has 2 fully saturated rings. The lowest BCUT2D eigenvalue weighted by Crippen LogP contribution is -2.32. The maximum atomic E-state index is 6.41. The summed E-state index contributed by atoms with van der Waals surface area (Å²) in [5.41, 5.74) is 2.59. The van der Waals surface area contributed by atoms with Crippen molar-refractivity contribution < 1.29 is 18.9 Å². The third kappa shape index (κ3) is 2.99. The highest BCUT2D eigenvalue weighted by molar-refractivity contribution is 6.33. The van der Waals surface area contributed by atoms with Crippen LogP contribution in [0.25, 0.3) is 22.4 Å². The van der Waals surface area contributed by atoms with E-state index in [1.165, 1.54) is 0 Å². The van der Waals surface area contributed by atoms with E-state index in [1.54, 1.807) is 25.4 Å². The van der Waals surface area contributed by atoms with Gasteiger partial charge in [-0.1, -0.05) is 11.6 Å². The Morgan fingerprint density at radius 2 is 2.19 bits per heavy atom. The number of nitrogens with one attached hydrogen (secondary N) is 1. The number of imidazole rings is 1. The molecule has 27 heavy (non-hydrogen) atoms. The lowest BCUT2D eigenvalue weighted by atomic mass is 10.1. The van der Waals surface area contributed by atoms with Gasteiger partial charge in [0.15, 0.2) is 11.8 Å². The number of methoxy groups -OCH3 is 1. The number of pyridine rings is 2. The van der Waals surface area contributed by atoms with Gasteiger partial charge in [0, 0.05) is 24.4 Å².